The second-order valence-electron chi connectivity index (χ2n) is 6.20. The van der Waals surface area contributed by atoms with Crippen molar-refractivity contribution in [2.24, 2.45) is 5.92 Å². The lowest BCUT2D eigenvalue weighted by Crippen LogP contribution is -2.16. The maximum Gasteiger partial charge on any atom is 0.338 e. The summed E-state index contributed by atoms with van der Waals surface area (Å²) in [6.45, 7) is 8.93. The monoisotopic (exact) mass is 362 g/mol. The standard InChI is InChI=1S/C23H22O4/c1-5-17(4)23(25)26-20-13-11-18(12-14-20)9-10-19-7-6-8-21(15-19)27-22(24)16(2)3/h6-8,11-15,17H,2,5H2,1,3-4H3. The van der Waals surface area contributed by atoms with Gasteiger partial charge < -0.3 is 9.47 Å². The number of rotatable bonds is 5. The van der Waals surface area contributed by atoms with Gasteiger partial charge in [-0.25, -0.2) is 4.79 Å². The van der Waals surface area contributed by atoms with Crippen LogP contribution in [-0.4, -0.2) is 11.9 Å². The van der Waals surface area contributed by atoms with Gasteiger partial charge in [0.25, 0.3) is 0 Å². The van der Waals surface area contributed by atoms with E-state index in [1.165, 1.54) is 0 Å². The molecule has 0 saturated heterocycles. The molecule has 1 atom stereocenters. The molecule has 4 nitrogen and oxygen atoms in total. The summed E-state index contributed by atoms with van der Waals surface area (Å²) in [5.74, 6) is 6.13. The predicted molar refractivity (Wildman–Crippen MR) is 104 cm³/mol. The molecule has 0 aliphatic heterocycles. The minimum atomic E-state index is -0.470. The zero-order valence-electron chi connectivity index (χ0n) is 15.7. The molecule has 2 rings (SSSR count). The zero-order chi connectivity index (χ0) is 19.8. The van der Waals surface area contributed by atoms with Crippen LogP contribution in [0.4, 0.5) is 0 Å². The molecule has 4 heteroatoms. The van der Waals surface area contributed by atoms with Crippen molar-refractivity contribution in [2.75, 3.05) is 0 Å². The average molecular weight is 362 g/mol. The van der Waals surface area contributed by atoms with E-state index < -0.39 is 5.97 Å². The Morgan fingerprint density at radius 3 is 2.30 bits per heavy atom. The van der Waals surface area contributed by atoms with E-state index in [2.05, 4.69) is 18.4 Å². The zero-order valence-corrected chi connectivity index (χ0v) is 15.7. The van der Waals surface area contributed by atoms with E-state index >= 15 is 0 Å². The van der Waals surface area contributed by atoms with Gasteiger partial charge in [-0.15, -0.1) is 0 Å². The molecule has 0 aromatic heterocycles. The van der Waals surface area contributed by atoms with Crippen LogP contribution in [0.25, 0.3) is 0 Å². The maximum absolute atomic E-state index is 11.8. The van der Waals surface area contributed by atoms with Crippen LogP contribution in [0.5, 0.6) is 11.5 Å². The second kappa shape index (κ2) is 9.40. The number of carbonyl (C=O) groups is 2. The minimum Gasteiger partial charge on any atom is -0.426 e. The van der Waals surface area contributed by atoms with Crippen molar-refractivity contribution in [3.05, 3.63) is 71.8 Å². The fourth-order valence-electron chi connectivity index (χ4n) is 1.97. The van der Waals surface area contributed by atoms with Crippen molar-refractivity contribution in [2.45, 2.75) is 27.2 Å². The van der Waals surface area contributed by atoms with E-state index in [4.69, 9.17) is 9.47 Å². The van der Waals surface area contributed by atoms with Gasteiger partial charge in [-0.1, -0.05) is 38.3 Å². The molecule has 0 N–H and O–H groups in total. The second-order valence-corrected chi connectivity index (χ2v) is 6.20. The first kappa shape index (κ1) is 20.0. The summed E-state index contributed by atoms with van der Waals surface area (Å²) in [5, 5.41) is 0. The first-order valence-corrected chi connectivity index (χ1v) is 8.70. The van der Waals surface area contributed by atoms with Crippen molar-refractivity contribution < 1.29 is 19.1 Å². The fourth-order valence-corrected chi connectivity index (χ4v) is 1.97. The Balaban J connectivity index is 2.06. The number of ether oxygens (including phenoxy) is 2. The first-order chi connectivity index (χ1) is 12.9. The molecule has 0 aliphatic carbocycles. The molecule has 0 aliphatic rings. The average Bonchev–Trinajstić information content (AvgIpc) is 2.67. The third-order valence-electron chi connectivity index (χ3n) is 3.83. The fraction of sp³-hybridized carbons (Fsp3) is 0.217. The van der Waals surface area contributed by atoms with Crippen molar-refractivity contribution in [1.29, 1.82) is 0 Å². The maximum atomic E-state index is 11.8. The van der Waals surface area contributed by atoms with Gasteiger partial charge in [-0.2, -0.15) is 0 Å². The van der Waals surface area contributed by atoms with E-state index in [0.717, 1.165) is 12.0 Å². The molecular weight excluding hydrogens is 340 g/mol. The molecule has 0 fully saturated rings. The van der Waals surface area contributed by atoms with Gasteiger partial charge in [0.05, 0.1) is 5.92 Å². The van der Waals surface area contributed by atoms with E-state index in [1.807, 2.05) is 19.9 Å². The number of esters is 2. The lowest BCUT2D eigenvalue weighted by molar-refractivity contribution is -0.138. The summed E-state index contributed by atoms with van der Waals surface area (Å²) in [7, 11) is 0. The van der Waals surface area contributed by atoms with E-state index in [9.17, 15) is 9.59 Å². The third kappa shape index (κ3) is 6.16. The molecular formula is C23H22O4. The van der Waals surface area contributed by atoms with Gasteiger partial charge in [-0.05, 0) is 55.8 Å². The Morgan fingerprint density at radius 1 is 1.00 bits per heavy atom. The smallest absolute Gasteiger partial charge is 0.338 e. The quantitative estimate of drug-likeness (QED) is 0.340. The highest BCUT2D eigenvalue weighted by Gasteiger charge is 2.12. The highest BCUT2D eigenvalue weighted by Crippen LogP contribution is 2.16. The number of hydrogen-bond acceptors (Lipinski definition) is 4. The molecule has 1 unspecified atom stereocenters. The van der Waals surface area contributed by atoms with Crippen LogP contribution < -0.4 is 9.47 Å². The van der Waals surface area contributed by atoms with Crippen LogP contribution in [0.1, 0.15) is 38.3 Å². The van der Waals surface area contributed by atoms with Crippen LogP contribution in [0, 0.1) is 17.8 Å². The van der Waals surface area contributed by atoms with Crippen LogP contribution in [-0.2, 0) is 9.59 Å². The number of hydrogen-bond donors (Lipinski definition) is 0. The Hall–Kier alpha value is -3.32. The molecule has 2 aromatic rings. The van der Waals surface area contributed by atoms with E-state index in [1.54, 1.807) is 49.4 Å². The molecule has 0 saturated carbocycles. The molecule has 0 amide bonds. The molecule has 0 radical (unpaired) electrons. The number of carbonyl (C=O) groups excluding carboxylic acids is 2. The van der Waals surface area contributed by atoms with Gasteiger partial charge in [0.15, 0.2) is 0 Å². The lowest BCUT2D eigenvalue weighted by atomic mass is 10.1. The highest BCUT2D eigenvalue weighted by molar-refractivity contribution is 5.88. The molecule has 0 spiro atoms. The summed E-state index contributed by atoms with van der Waals surface area (Å²) < 4.78 is 10.5. The predicted octanol–water partition coefficient (Wildman–Crippen LogP) is 4.52. The Kier molecular flexibility index (Phi) is 6.96. The van der Waals surface area contributed by atoms with Crippen LogP contribution in [0.2, 0.25) is 0 Å². The van der Waals surface area contributed by atoms with E-state index in [0.29, 0.717) is 22.6 Å². The summed E-state index contributed by atoms with van der Waals surface area (Å²) in [6.07, 6.45) is 0.739. The Bertz CT molecular complexity index is 898. The lowest BCUT2D eigenvalue weighted by Gasteiger charge is -2.08. The molecule has 0 bridgehead atoms. The van der Waals surface area contributed by atoms with Gasteiger partial charge in [0.2, 0.25) is 0 Å². The summed E-state index contributed by atoms with van der Waals surface area (Å²) in [4.78, 5) is 23.4. The van der Waals surface area contributed by atoms with Crippen LogP contribution in [0.3, 0.4) is 0 Å². The van der Waals surface area contributed by atoms with Gasteiger partial charge in [0.1, 0.15) is 11.5 Å². The SMILES string of the molecule is C=C(C)C(=O)Oc1cccc(C#Cc2ccc(OC(=O)C(C)CC)cc2)c1. The molecule has 138 valence electrons. The minimum absolute atomic E-state index is 0.129. The first-order valence-electron chi connectivity index (χ1n) is 8.70. The van der Waals surface area contributed by atoms with Gasteiger partial charge >= 0.3 is 11.9 Å². The normalized spacial score (nSPS) is 10.9. The van der Waals surface area contributed by atoms with Crippen molar-refractivity contribution in [3.63, 3.8) is 0 Å². The molecule has 2 aromatic carbocycles. The van der Waals surface area contributed by atoms with Crippen molar-refractivity contribution >= 4 is 11.9 Å². The number of benzene rings is 2. The van der Waals surface area contributed by atoms with E-state index in [-0.39, 0.29) is 11.9 Å². The molecule has 27 heavy (non-hydrogen) atoms. The van der Waals surface area contributed by atoms with Gasteiger partial charge in [0, 0.05) is 16.7 Å². The highest BCUT2D eigenvalue weighted by atomic mass is 16.5. The largest absolute Gasteiger partial charge is 0.426 e. The van der Waals surface area contributed by atoms with Crippen LogP contribution >= 0.6 is 0 Å². The summed E-state index contributed by atoms with van der Waals surface area (Å²) >= 11 is 0. The van der Waals surface area contributed by atoms with Crippen LogP contribution in [0.15, 0.2) is 60.7 Å². The van der Waals surface area contributed by atoms with Crippen molar-refractivity contribution in [3.8, 4) is 23.3 Å². The topological polar surface area (TPSA) is 52.6 Å². The molecule has 0 heterocycles. The van der Waals surface area contributed by atoms with Gasteiger partial charge in [-0.3, -0.25) is 4.79 Å². The summed E-state index contributed by atoms with van der Waals surface area (Å²) in [6, 6.07) is 14.0. The Morgan fingerprint density at radius 2 is 1.67 bits per heavy atom. The summed E-state index contributed by atoms with van der Waals surface area (Å²) in [5.41, 5.74) is 1.83. The third-order valence-corrected chi connectivity index (χ3v) is 3.83. The Labute approximate surface area is 159 Å². The van der Waals surface area contributed by atoms with Crippen molar-refractivity contribution in [1.82, 2.24) is 0 Å².